The molecule has 0 radical (unpaired) electrons. The summed E-state index contributed by atoms with van der Waals surface area (Å²) >= 11 is 5.91. The van der Waals surface area contributed by atoms with Gasteiger partial charge in [0.05, 0.1) is 13.0 Å². The number of hydrogen-bond donors (Lipinski definition) is 1. The second kappa shape index (κ2) is 9.40. The highest BCUT2D eigenvalue weighted by Gasteiger charge is 2.28. The van der Waals surface area contributed by atoms with Gasteiger partial charge in [0.2, 0.25) is 5.91 Å². The van der Waals surface area contributed by atoms with Crippen LogP contribution in [0.4, 0.5) is 0 Å². The zero-order chi connectivity index (χ0) is 21.8. The van der Waals surface area contributed by atoms with Crippen molar-refractivity contribution in [2.75, 3.05) is 20.2 Å². The Morgan fingerprint density at radius 1 is 1.06 bits per heavy atom. The Kier molecular flexibility index (Phi) is 6.42. The molecule has 4 rings (SSSR count). The summed E-state index contributed by atoms with van der Waals surface area (Å²) < 4.78 is 5.27. The minimum atomic E-state index is -0.199. The largest absolute Gasteiger partial charge is 0.497 e. The molecule has 31 heavy (non-hydrogen) atoms. The van der Waals surface area contributed by atoms with E-state index in [2.05, 4.69) is 11.4 Å². The fourth-order valence-corrected chi connectivity index (χ4v) is 4.12. The third-order valence-corrected chi connectivity index (χ3v) is 6.00. The molecule has 0 saturated carbocycles. The van der Waals surface area contributed by atoms with Gasteiger partial charge >= 0.3 is 0 Å². The second-order valence-corrected chi connectivity index (χ2v) is 8.30. The Morgan fingerprint density at radius 3 is 2.58 bits per heavy atom. The van der Waals surface area contributed by atoms with Crippen molar-refractivity contribution in [3.8, 4) is 5.75 Å². The van der Waals surface area contributed by atoms with Gasteiger partial charge in [0.1, 0.15) is 5.75 Å². The van der Waals surface area contributed by atoms with E-state index < -0.39 is 0 Å². The van der Waals surface area contributed by atoms with Gasteiger partial charge in [-0.2, -0.15) is 0 Å². The molecule has 0 spiro atoms. The molecule has 1 N–H and O–H groups in total. The van der Waals surface area contributed by atoms with Gasteiger partial charge in [-0.3, -0.25) is 9.59 Å². The second-order valence-electron chi connectivity index (χ2n) is 7.86. The average molecular weight is 437 g/mol. The van der Waals surface area contributed by atoms with Crippen molar-refractivity contribution in [2.24, 2.45) is 5.92 Å². The standard InChI is InChI=1S/C25H25ClN2O3/c1-31-23-11-8-19-13-17(4-5-20(19)14-23)15-27-24(29)21-3-2-12-28(16-21)25(30)18-6-9-22(26)10-7-18/h4-11,13-14,21H,2-3,12,15-16H2,1H3,(H,27,29)/t21-/m1/s1. The Balaban J connectivity index is 1.36. The summed E-state index contributed by atoms with van der Waals surface area (Å²) in [7, 11) is 1.65. The van der Waals surface area contributed by atoms with Crippen molar-refractivity contribution in [2.45, 2.75) is 19.4 Å². The van der Waals surface area contributed by atoms with Gasteiger partial charge in [-0.05, 0) is 71.6 Å². The number of methoxy groups -OCH3 is 1. The van der Waals surface area contributed by atoms with E-state index in [0.29, 0.717) is 30.2 Å². The summed E-state index contributed by atoms with van der Waals surface area (Å²) in [5.41, 5.74) is 1.63. The number of ether oxygens (including phenoxy) is 1. The van der Waals surface area contributed by atoms with Crippen molar-refractivity contribution in [1.29, 1.82) is 0 Å². The van der Waals surface area contributed by atoms with Crippen LogP contribution in [0.3, 0.4) is 0 Å². The number of fused-ring (bicyclic) bond motifs is 1. The maximum Gasteiger partial charge on any atom is 0.253 e. The van der Waals surface area contributed by atoms with Gasteiger partial charge in [-0.15, -0.1) is 0 Å². The molecule has 1 fully saturated rings. The summed E-state index contributed by atoms with van der Waals surface area (Å²) in [6, 6.07) is 18.9. The van der Waals surface area contributed by atoms with Gasteiger partial charge in [0.15, 0.2) is 0 Å². The lowest BCUT2D eigenvalue weighted by atomic mass is 9.96. The van der Waals surface area contributed by atoms with E-state index in [1.165, 1.54) is 0 Å². The molecule has 0 bridgehead atoms. The summed E-state index contributed by atoms with van der Waals surface area (Å²) in [5, 5.41) is 5.84. The first kappa shape index (κ1) is 21.2. The lowest BCUT2D eigenvalue weighted by molar-refractivity contribution is -0.126. The summed E-state index contributed by atoms with van der Waals surface area (Å²) in [5.74, 6) is 0.556. The SMILES string of the molecule is COc1ccc2cc(CNC(=O)[C@@H]3CCCN(C(=O)c4ccc(Cl)cc4)C3)ccc2c1. The number of nitrogens with one attached hydrogen (secondary N) is 1. The molecule has 0 unspecified atom stereocenters. The van der Waals surface area contributed by atoms with Gasteiger partial charge in [-0.1, -0.05) is 29.8 Å². The Hall–Kier alpha value is -3.05. The molecule has 3 aromatic carbocycles. The number of benzene rings is 3. The molecule has 1 aliphatic rings. The fourth-order valence-electron chi connectivity index (χ4n) is 3.99. The molecular formula is C25H25ClN2O3. The van der Waals surface area contributed by atoms with E-state index in [1.54, 1.807) is 36.3 Å². The van der Waals surface area contributed by atoms with Gasteiger partial charge in [-0.25, -0.2) is 0 Å². The molecule has 1 atom stereocenters. The van der Waals surface area contributed by atoms with Crippen LogP contribution in [0.1, 0.15) is 28.8 Å². The number of halogens is 1. The van der Waals surface area contributed by atoms with Crippen LogP contribution in [0.25, 0.3) is 10.8 Å². The Labute approximate surface area is 186 Å². The first-order valence-corrected chi connectivity index (χ1v) is 10.8. The smallest absolute Gasteiger partial charge is 0.253 e. The predicted molar refractivity (Wildman–Crippen MR) is 122 cm³/mol. The van der Waals surface area contributed by atoms with Gasteiger partial charge < -0.3 is 15.0 Å². The summed E-state index contributed by atoms with van der Waals surface area (Å²) in [6.07, 6.45) is 1.60. The number of carbonyl (C=O) groups excluding carboxylic acids is 2. The van der Waals surface area contributed by atoms with Crippen molar-refractivity contribution >= 4 is 34.2 Å². The molecule has 1 heterocycles. The monoisotopic (exact) mass is 436 g/mol. The van der Waals surface area contributed by atoms with E-state index >= 15 is 0 Å². The Bertz CT molecular complexity index is 1100. The van der Waals surface area contributed by atoms with Crippen LogP contribution in [0, 0.1) is 5.92 Å². The lowest BCUT2D eigenvalue weighted by Gasteiger charge is -2.32. The van der Waals surface area contributed by atoms with E-state index in [-0.39, 0.29) is 17.7 Å². The molecule has 1 saturated heterocycles. The quantitative estimate of drug-likeness (QED) is 0.632. The lowest BCUT2D eigenvalue weighted by Crippen LogP contribution is -2.45. The summed E-state index contributed by atoms with van der Waals surface area (Å²) in [6.45, 7) is 1.56. The van der Waals surface area contributed by atoms with Crippen molar-refractivity contribution in [1.82, 2.24) is 10.2 Å². The van der Waals surface area contributed by atoms with Crippen LogP contribution in [0.5, 0.6) is 5.75 Å². The highest BCUT2D eigenvalue weighted by atomic mass is 35.5. The van der Waals surface area contributed by atoms with E-state index in [4.69, 9.17) is 16.3 Å². The molecule has 1 aliphatic heterocycles. The summed E-state index contributed by atoms with van der Waals surface area (Å²) in [4.78, 5) is 27.3. The van der Waals surface area contributed by atoms with E-state index in [1.807, 2.05) is 30.3 Å². The first-order chi connectivity index (χ1) is 15.0. The van der Waals surface area contributed by atoms with Crippen LogP contribution in [0.2, 0.25) is 5.02 Å². The predicted octanol–water partition coefficient (Wildman–Crippen LogP) is 4.67. The van der Waals surface area contributed by atoms with E-state index in [0.717, 1.165) is 34.9 Å². The van der Waals surface area contributed by atoms with Crippen molar-refractivity contribution < 1.29 is 14.3 Å². The number of nitrogens with zero attached hydrogens (tertiary/aromatic N) is 1. The number of hydrogen-bond acceptors (Lipinski definition) is 3. The third-order valence-electron chi connectivity index (χ3n) is 5.75. The number of carbonyl (C=O) groups is 2. The van der Waals surface area contributed by atoms with Crippen LogP contribution in [-0.2, 0) is 11.3 Å². The molecule has 3 aromatic rings. The number of amides is 2. The fraction of sp³-hybridized carbons (Fsp3) is 0.280. The first-order valence-electron chi connectivity index (χ1n) is 10.4. The molecule has 0 aliphatic carbocycles. The highest BCUT2D eigenvalue weighted by molar-refractivity contribution is 6.30. The highest BCUT2D eigenvalue weighted by Crippen LogP contribution is 2.23. The van der Waals surface area contributed by atoms with Crippen LogP contribution in [0.15, 0.2) is 60.7 Å². The molecule has 160 valence electrons. The molecule has 6 heteroatoms. The van der Waals surface area contributed by atoms with E-state index in [9.17, 15) is 9.59 Å². The Morgan fingerprint density at radius 2 is 1.81 bits per heavy atom. The van der Waals surface area contributed by atoms with Crippen LogP contribution < -0.4 is 10.1 Å². The maximum absolute atomic E-state index is 12.8. The van der Waals surface area contributed by atoms with Gasteiger partial charge in [0.25, 0.3) is 5.91 Å². The zero-order valence-corrected chi connectivity index (χ0v) is 18.2. The minimum Gasteiger partial charge on any atom is -0.497 e. The topological polar surface area (TPSA) is 58.6 Å². The van der Waals surface area contributed by atoms with Crippen LogP contribution in [-0.4, -0.2) is 36.9 Å². The normalized spacial score (nSPS) is 16.2. The van der Waals surface area contributed by atoms with Crippen molar-refractivity contribution in [3.63, 3.8) is 0 Å². The maximum atomic E-state index is 12.8. The number of piperidine rings is 1. The zero-order valence-electron chi connectivity index (χ0n) is 17.4. The molecular weight excluding hydrogens is 412 g/mol. The minimum absolute atomic E-state index is 0.0107. The molecule has 0 aromatic heterocycles. The number of likely N-dealkylation sites (tertiary alicyclic amines) is 1. The third kappa shape index (κ3) is 5.00. The van der Waals surface area contributed by atoms with Crippen LogP contribution >= 0.6 is 11.6 Å². The molecule has 5 nitrogen and oxygen atoms in total. The number of rotatable bonds is 5. The van der Waals surface area contributed by atoms with Crippen molar-refractivity contribution in [3.05, 3.63) is 76.8 Å². The van der Waals surface area contributed by atoms with Gasteiger partial charge in [0, 0.05) is 30.2 Å². The molecule has 2 amide bonds. The average Bonchev–Trinajstić information content (AvgIpc) is 2.82.